The van der Waals surface area contributed by atoms with Crippen molar-refractivity contribution in [2.24, 2.45) is 7.05 Å². The lowest BCUT2D eigenvalue weighted by atomic mass is 9.86. The largest absolute Gasteiger partial charge is 0.333 e. The number of carbonyl (C=O) groups is 1. The molecular weight excluding hydrogens is 426 g/mol. The highest BCUT2D eigenvalue weighted by atomic mass is 16.1. The summed E-state index contributed by atoms with van der Waals surface area (Å²) in [6.07, 6.45) is 6.08. The predicted octanol–water partition coefficient (Wildman–Crippen LogP) is 3.77. The molecule has 0 bridgehead atoms. The van der Waals surface area contributed by atoms with Gasteiger partial charge in [0.25, 0.3) is 0 Å². The van der Waals surface area contributed by atoms with Crippen LogP contribution in [0.1, 0.15) is 30.7 Å². The SMILES string of the molecule is Cn1cc(-c2cc(-c3cnc4c(c3)CC(=O)C4)ccn2)n(-c2ccc(C(C)(C)C#N)cc2)c1=O. The number of aryl methyl sites for hydroxylation is 1. The van der Waals surface area contributed by atoms with Gasteiger partial charge in [0, 0.05) is 44.0 Å². The summed E-state index contributed by atoms with van der Waals surface area (Å²) in [6.45, 7) is 3.72. The Morgan fingerprint density at radius 1 is 1.00 bits per heavy atom. The Labute approximate surface area is 197 Å². The van der Waals surface area contributed by atoms with Crippen molar-refractivity contribution in [1.82, 2.24) is 19.1 Å². The minimum Gasteiger partial charge on any atom is -0.301 e. The first kappa shape index (κ1) is 21.5. The molecule has 0 spiro atoms. The first-order valence-corrected chi connectivity index (χ1v) is 11.0. The fourth-order valence-electron chi connectivity index (χ4n) is 4.30. The van der Waals surface area contributed by atoms with Gasteiger partial charge >= 0.3 is 5.69 Å². The Kier molecular flexibility index (Phi) is 5.02. The third-order valence-corrected chi connectivity index (χ3v) is 6.34. The number of ketones is 1. The van der Waals surface area contributed by atoms with Crippen LogP contribution in [0.5, 0.6) is 0 Å². The van der Waals surface area contributed by atoms with Crippen LogP contribution in [0.25, 0.3) is 28.2 Å². The van der Waals surface area contributed by atoms with Crippen molar-refractivity contribution in [3.63, 3.8) is 0 Å². The number of imidazole rings is 1. The molecule has 0 radical (unpaired) electrons. The third kappa shape index (κ3) is 3.63. The number of aromatic nitrogens is 4. The Morgan fingerprint density at radius 3 is 2.50 bits per heavy atom. The molecule has 1 aromatic carbocycles. The summed E-state index contributed by atoms with van der Waals surface area (Å²) >= 11 is 0. The van der Waals surface area contributed by atoms with E-state index in [0.29, 0.717) is 29.9 Å². The summed E-state index contributed by atoms with van der Waals surface area (Å²) in [5, 5.41) is 9.42. The molecule has 4 aromatic rings. The third-order valence-electron chi connectivity index (χ3n) is 6.34. The number of fused-ring (bicyclic) bond motifs is 1. The average Bonchev–Trinajstić information content (AvgIpc) is 3.36. The molecule has 1 aliphatic rings. The second-order valence-electron chi connectivity index (χ2n) is 9.18. The quantitative estimate of drug-likeness (QED) is 0.473. The molecule has 3 heterocycles. The van der Waals surface area contributed by atoms with Gasteiger partial charge in [0.15, 0.2) is 0 Å². The molecule has 0 saturated heterocycles. The van der Waals surface area contributed by atoms with Crippen LogP contribution in [0.2, 0.25) is 0 Å². The van der Waals surface area contributed by atoms with E-state index in [0.717, 1.165) is 27.9 Å². The molecule has 3 aromatic heterocycles. The number of carbonyl (C=O) groups excluding carboxylic acids is 1. The number of pyridine rings is 2. The Morgan fingerprint density at radius 2 is 1.76 bits per heavy atom. The van der Waals surface area contributed by atoms with E-state index < -0.39 is 5.41 Å². The second-order valence-corrected chi connectivity index (χ2v) is 9.18. The van der Waals surface area contributed by atoms with Crippen LogP contribution >= 0.6 is 0 Å². The van der Waals surface area contributed by atoms with Gasteiger partial charge in [0.2, 0.25) is 0 Å². The van der Waals surface area contributed by atoms with Crippen molar-refractivity contribution < 1.29 is 4.79 Å². The Balaban J connectivity index is 1.57. The molecule has 5 rings (SSSR count). The molecule has 0 fully saturated rings. The van der Waals surface area contributed by atoms with Crippen molar-refractivity contribution in [1.29, 1.82) is 5.26 Å². The van der Waals surface area contributed by atoms with E-state index in [2.05, 4.69) is 16.0 Å². The van der Waals surface area contributed by atoms with Gasteiger partial charge in [0.05, 0.1) is 34.3 Å². The van der Waals surface area contributed by atoms with Crippen molar-refractivity contribution in [3.8, 4) is 34.3 Å². The zero-order chi connectivity index (χ0) is 24.0. The normalized spacial score (nSPS) is 13.1. The number of Topliss-reactive ketones (excluding diaryl/α,β-unsaturated/α-hetero) is 1. The first-order chi connectivity index (χ1) is 16.3. The number of nitriles is 1. The maximum atomic E-state index is 13.0. The van der Waals surface area contributed by atoms with Gasteiger partial charge in [-0.3, -0.25) is 19.3 Å². The molecule has 0 unspecified atom stereocenters. The standard InChI is InChI=1S/C27H23N5O2/c1-27(2,16-28)20-4-6-21(7-5-20)32-25(15-31(3)26(32)34)24-12-17(8-9-29-24)19-10-18-11-22(33)13-23(18)30-14-19/h4-10,12,14-15H,11,13H2,1-3H3. The summed E-state index contributed by atoms with van der Waals surface area (Å²) in [5.41, 5.74) is 5.72. The van der Waals surface area contributed by atoms with E-state index in [1.165, 1.54) is 4.57 Å². The van der Waals surface area contributed by atoms with Gasteiger partial charge in [-0.15, -0.1) is 0 Å². The number of hydrogen-bond donors (Lipinski definition) is 0. The van der Waals surface area contributed by atoms with E-state index >= 15 is 0 Å². The summed E-state index contributed by atoms with van der Waals surface area (Å²) < 4.78 is 3.15. The zero-order valence-electron chi connectivity index (χ0n) is 19.2. The molecule has 0 aliphatic heterocycles. The lowest BCUT2D eigenvalue weighted by Gasteiger charge is -2.16. The highest BCUT2D eigenvalue weighted by molar-refractivity contribution is 5.88. The highest BCUT2D eigenvalue weighted by Crippen LogP contribution is 2.29. The molecule has 34 heavy (non-hydrogen) atoms. The van der Waals surface area contributed by atoms with Crippen LogP contribution < -0.4 is 5.69 Å². The smallest absolute Gasteiger partial charge is 0.301 e. The van der Waals surface area contributed by atoms with Gasteiger partial charge in [-0.2, -0.15) is 5.26 Å². The van der Waals surface area contributed by atoms with Crippen LogP contribution in [-0.4, -0.2) is 24.9 Å². The molecule has 168 valence electrons. The van der Waals surface area contributed by atoms with Crippen molar-refractivity contribution >= 4 is 5.78 Å². The van der Waals surface area contributed by atoms with Crippen LogP contribution in [0.4, 0.5) is 0 Å². The van der Waals surface area contributed by atoms with Crippen LogP contribution in [0.3, 0.4) is 0 Å². The fourth-order valence-corrected chi connectivity index (χ4v) is 4.30. The number of hydrogen-bond acceptors (Lipinski definition) is 5. The highest BCUT2D eigenvalue weighted by Gasteiger charge is 2.22. The molecule has 0 saturated carbocycles. The van der Waals surface area contributed by atoms with Gasteiger partial charge in [0.1, 0.15) is 5.78 Å². The monoisotopic (exact) mass is 449 g/mol. The number of benzene rings is 1. The van der Waals surface area contributed by atoms with E-state index in [-0.39, 0.29) is 11.5 Å². The number of rotatable bonds is 4. The topological polar surface area (TPSA) is 93.6 Å². The van der Waals surface area contributed by atoms with Crippen molar-refractivity contribution in [3.05, 3.63) is 88.4 Å². The van der Waals surface area contributed by atoms with Gasteiger partial charge in [-0.05, 0) is 60.9 Å². The number of nitrogens with zero attached hydrogens (tertiary/aromatic N) is 5. The molecule has 0 atom stereocenters. The minimum atomic E-state index is -0.618. The van der Waals surface area contributed by atoms with Crippen LogP contribution in [-0.2, 0) is 30.1 Å². The van der Waals surface area contributed by atoms with Crippen molar-refractivity contribution in [2.45, 2.75) is 32.1 Å². The Hall–Kier alpha value is -4.31. The minimum absolute atomic E-state index is 0.188. The average molecular weight is 450 g/mol. The maximum Gasteiger partial charge on any atom is 0.333 e. The molecule has 0 N–H and O–H groups in total. The Bertz CT molecular complexity index is 1530. The summed E-state index contributed by atoms with van der Waals surface area (Å²) in [7, 11) is 1.71. The van der Waals surface area contributed by atoms with E-state index in [1.807, 2.05) is 56.3 Å². The predicted molar refractivity (Wildman–Crippen MR) is 129 cm³/mol. The molecular formula is C27H23N5O2. The van der Waals surface area contributed by atoms with Crippen LogP contribution in [0, 0.1) is 11.3 Å². The first-order valence-electron chi connectivity index (χ1n) is 11.0. The fraction of sp³-hybridized carbons (Fsp3) is 0.222. The van der Waals surface area contributed by atoms with Crippen molar-refractivity contribution in [2.75, 3.05) is 0 Å². The molecule has 1 aliphatic carbocycles. The lowest BCUT2D eigenvalue weighted by molar-refractivity contribution is -0.117. The second kappa shape index (κ2) is 7.92. The maximum absolute atomic E-state index is 13.0. The molecule has 7 heteroatoms. The van der Waals surface area contributed by atoms with E-state index in [1.54, 1.807) is 30.2 Å². The van der Waals surface area contributed by atoms with Gasteiger partial charge in [-0.1, -0.05) is 12.1 Å². The van der Waals surface area contributed by atoms with Gasteiger partial charge in [-0.25, -0.2) is 4.79 Å². The molecule has 0 amide bonds. The summed E-state index contributed by atoms with van der Waals surface area (Å²) in [4.78, 5) is 33.8. The van der Waals surface area contributed by atoms with Crippen LogP contribution in [0.15, 0.2) is 65.8 Å². The lowest BCUT2D eigenvalue weighted by Crippen LogP contribution is -2.21. The van der Waals surface area contributed by atoms with Gasteiger partial charge < -0.3 is 4.57 Å². The molecule has 7 nitrogen and oxygen atoms in total. The summed E-state index contributed by atoms with van der Waals surface area (Å²) in [6, 6.07) is 15.6. The van der Waals surface area contributed by atoms with E-state index in [9.17, 15) is 14.9 Å². The van der Waals surface area contributed by atoms with E-state index in [4.69, 9.17) is 0 Å². The zero-order valence-corrected chi connectivity index (χ0v) is 19.2. The summed E-state index contributed by atoms with van der Waals surface area (Å²) in [5.74, 6) is 0.188.